The topological polar surface area (TPSA) is 72.8 Å². The Kier molecular flexibility index (Phi) is 10.3. The number of hydrogen-bond donors (Lipinski definition) is 4. The Morgan fingerprint density at radius 2 is 1.11 bits per heavy atom. The molecule has 0 heterocycles. The highest BCUT2D eigenvalue weighted by Crippen LogP contribution is 2.28. The lowest BCUT2D eigenvalue weighted by atomic mass is 9.91. The number of alkyl halides is 1. The van der Waals surface area contributed by atoms with Crippen LogP contribution in [0, 0.1) is 0 Å². The lowest BCUT2D eigenvalue weighted by Crippen LogP contribution is -2.47. The average Bonchev–Trinajstić information content (AvgIpc) is 2.47. The molecule has 0 radical (unpaired) electrons. The standard InChI is InChI=1S/C20H41ClN6/c1-12(2)22-19(23-13(3)4)26-16-9-10-17(21)18(11-16)27-20(24-14(5)6)25-15(7)8/h12-18H,9-11H2,1-8H3,(H2,22,23,26)(H2,24,25,27). The molecule has 0 aromatic rings. The van der Waals surface area contributed by atoms with Crippen LogP contribution in [-0.4, -0.2) is 53.5 Å². The highest BCUT2D eigenvalue weighted by atomic mass is 35.5. The zero-order chi connectivity index (χ0) is 20.6. The van der Waals surface area contributed by atoms with E-state index < -0.39 is 0 Å². The molecule has 3 unspecified atom stereocenters. The maximum absolute atomic E-state index is 6.63. The Morgan fingerprint density at radius 3 is 1.52 bits per heavy atom. The van der Waals surface area contributed by atoms with Gasteiger partial charge in [-0.05, 0) is 74.7 Å². The van der Waals surface area contributed by atoms with Gasteiger partial charge in [-0.2, -0.15) is 0 Å². The number of rotatable bonds is 6. The van der Waals surface area contributed by atoms with Gasteiger partial charge in [0.05, 0.1) is 17.5 Å². The number of nitrogens with one attached hydrogen (secondary N) is 4. The smallest absolute Gasteiger partial charge is 0.191 e. The summed E-state index contributed by atoms with van der Waals surface area (Å²) in [7, 11) is 0. The van der Waals surface area contributed by atoms with Crippen molar-refractivity contribution in [1.82, 2.24) is 21.3 Å². The molecule has 1 saturated carbocycles. The third-order valence-corrected chi connectivity index (χ3v) is 4.52. The van der Waals surface area contributed by atoms with Crippen LogP contribution in [0.1, 0.15) is 74.7 Å². The normalized spacial score (nSPS) is 22.8. The SMILES string of the molecule is CC(C)NC(=NC1CCC(Cl)C(N=C(NC(C)C)NC(C)C)C1)NC(C)C. The third-order valence-electron chi connectivity index (χ3n) is 4.01. The van der Waals surface area contributed by atoms with Crippen LogP contribution in [0.25, 0.3) is 0 Å². The molecular weight excluding hydrogens is 360 g/mol. The quantitative estimate of drug-likeness (QED) is 0.314. The van der Waals surface area contributed by atoms with E-state index >= 15 is 0 Å². The predicted molar refractivity (Wildman–Crippen MR) is 119 cm³/mol. The highest BCUT2D eigenvalue weighted by molar-refractivity contribution is 6.21. The molecule has 27 heavy (non-hydrogen) atoms. The van der Waals surface area contributed by atoms with E-state index in [1.807, 2.05) is 0 Å². The Balaban J connectivity index is 2.92. The van der Waals surface area contributed by atoms with Crippen LogP contribution in [0.2, 0.25) is 0 Å². The number of nitrogens with zero attached hydrogens (tertiary/aromatic N) is 2. The lowest BCUT2D eigenvalue weighted by Gasteiger charge is -2.31. The minimum atomic E-state index is 0.0499. The molecule has 4 N–H and O–H groups in total. The first-order valence-corrected chi connectivity index (χ1v) is 10.9. The Bertz CT molecular complexity index is 463. The Labute approximate surface area is 171 Å². The van der Waals surface area contributed by atoms with Gasteiger partial charge in [-0.1, -0.05) is 0 Å². The summed E-state index contributed by atoms with van der Waals surface area (Å²) in [6.45, 7) is 17.0. The van der Waals surface area contributed by atoms with E-state index in [-0.39, 0.29) is 17.5 Å². The van der Waals surface area contributed by atoms with Crippen LogP contribution in [0.5, 0.6) is 0 Å². The average molecular weight is 401 g/mol. The fourth-order valence-corrected chi connectivity index (χ4v) is 3.30. The van der Waals surface area contributed by atoms with Gasteiger partial charge in [0.1, 0.15) is 0 Å². The molecule has 0 bridgehead atoms. The fourth-order valence-electron chi connectivity index (χ4n) is 3.01. The van der Waals surface area contributed by atoms with Crippen molar-refractivity contribution in [3.05, 3.63) is 0 Å². The Hall–Kier alpha value is -1.17. The minimum absolute atomic E-state index is 0.0499. The molecule has 0 aliphatic heterocycles. The minimum Gasteiger partial charge on any atom is -0.354 e. The molecule has 0 aromatic carbocycles. The largest absolute Gasteiger partial charge is 0.354 e. The molecule has 3 atom stereocenters. The summed E-state index contributed by atoms with van der Waals surface area (Å²) in [5.74, 6) is 1.71. The van der Waals surface area contributed by atoms with Crippen molar-refractivity contribution in [2.45, 2.75) is 116 Å². The van der Waals surface area contributed by atoms with Crippen LogP contribution in [-0.2, 0) is 0 Å². The summed E-state index contributed by atoms with van der Waals surface area (Å²) >= 11 is 6.63. The van der Waals surface area contributed by atoms with Crippen LogP contribution < -0.4 is 21.3 Å². The van der Waals surface area contributed by atoms with Crippen LogP contribution in [0.15, 0.2) is 9.98 Å². The third kappa shape index (κ3) is 10.1. The summed E-state index contributed by atoms with van der Waals surface area (Å²) in [6.07, 6.45) is 2.78. The van der Waals surface area contributed by atoms with E-state index in [0.29, 0.717) is 24.2 Å². The van der Waals surface area contributed by atoms with Crippen molar-refractivity contribution >= 4 is 23.5 Å². The first-order chi connectivity index (χ1) is 12.6. The zero-order valence-electron chi connectivity index (χ0n) is 18.4. The lowest BCUT2D eigenvalue weighted by molar-refractivity contribution is 0.396. The number of aliphatic imine (C=N–C) groups is 2. The first-order valence-electron chi connectivity index (χ1n) is 10.4. The summed E-state index contributed by atoms with van der Waals surface area (Å²) in [6, 6.07) is 1.59. The van der Waals surface area contributed by atoms with Crippen LogP contribution in [0.4, 0.5) is 0 Å². The van der Waals surface area contributed by atoms with Crippen LogP contribution in [0.3, 0.4) is 0 Å². The van der Waals surface area contributed by atoms with Crippen molar-refractivity contribution in [3.63, 3.8) is 0 Å². The van der Waals surface area contributed by atoms with Gasteiger partial charge in [0.25, 0.3) is 0 Å². The molecule has 6 nitrogen and oxygen atoms in total. The van der Waals surface area contributed by atoms with E-state index in [4.69, 9.17) is 21.6 Å². The van der Waals surface area contributed by atoms with E-state index in [9.17, 15) is 0 Å². The van der Waals surface area contributed by atoms with Gasteiger partial charge in [0, 0.05) is 24.2 Å². The van der Waals surface area contributed by atoms with Crippen molar-refractivity contribution < 1.29 is 0 Å². The second-order valence-electron chi connectivity index (χ2n) is 8.70. The summed E-state index contributed by atoms with van der Waals surface area (Å²) in [5, 5.41) is 13.7. The number of hydrogen-bond acceptors (Lipinski definition) is 2. The predicted octanol–water partition coefficient (Wildman–Crippen LogP) is 3.22. The number of guanidine groups is 2. The van der Waals surface area contributed by atoms with E-state index in [0.717, 1.165) is 31.2 Å². The van der Waals surface area contributed by atoms with Gasteiger partial charge >= 0.3 is 0 Å². The van der Waals surface area contributed by atoms with Gasteiger partial charge in [-0.15, -0.1) is 11.6 Å². The van der Waals surface area contributed by atoms with Crippen molar-refractivity contribution in [2.75, 3.05) is 0 Å². The molecule has 0 spiro atoms. The summed E-state index contributed by atoms with van der Waals surface area (Å²) in [5.41, 5.74) is 0. The second kappa shape index (κ2) is 11.6. The number of halogens is 1. The van der Waals surface area contributed by atoms with Crippen molar-refractivity contribution in [1.29, 1.82) is 0 Å². The molecule has 158 valence electrons. The molecule has 1 fully saturated rings. The highest BCUT2D eigenvalue weighted by Gasteiger charge is 2.30. The van der Waals surface area contributed by atoms with Gasteiger partial charge < -0.3 is 21.3 Å². The van der Waals surface area contributed by atoms with E-state index in [2.05, 4.69) is 76.7 Å². The fraction of sp³-hybridized carbons (Fsp3) is 0.900. The first kappa shape index (κ1) is 23.9. The van der Waals surface area contributed by atoms with E-state index in [1.54, 1.807) is 0 Å². The molecule has 1 rings (SSSR count). The van der Waals surface area contributed by atoms with Gasteiger partial charge in [0.15, 0.2) is 11.9 Å². The zero-order valence-corrected chi connectivity index (χ0v) is 19.2. The van der Waals surface area contributed by atoms with Crippen LogP contribution >= 0.6 is 11.6 Å². The summed E-state index contributed by atoms with van der Waals surface area (Å²) in [4.78, 5) is 9.88. The molecular formula is C20H41ClN6. The van der Waals surface area contributed by atoms with Gasteiger partial charge in [-0.3, -0.25) is 0 Å². The van der Waals surface area contributed by atoms with Crippen molar-refractivity contribution in [3.8, 4) is 0 Å². The molecule has 7 heteroatoms. The Morgan fingerprint density at radius 1 is 0.704 bits per heavy atom. The van der Waals surface area contributed by atoms with Gasteiger partial charge in [-0.25, -0.2) is 9.98 Å². The molecule has 0 amide bonds. The van der Waals surface area contributed by atoms with E-state index in [1.165, 1.54) is 0 Å². The summed E-state index contributed by atoms with van der Waals surface area (Å²) < 4.78 is 0. The molecule has 0 saturated heterocycles. The molecule has 1 aliphatic carbocycles. The van der Waals surface area contributed by atoms with Gasteiger partial charge in [0.2, 0.25) is 0 Å². The van der Waals surface area contributed by atoms with Crippen molar-refractivity contribution in [2.24, 2.45) is 9.98 Å². The molecule has 1 aliphatic rings. The monoisotopic (exact) mass is 400 g/mol. The maximum atomic E-state index is 6.63. The second-order valence-corrected chi connectivity index (χ2v) is 9.26. The maximum Gasteiger partial charge on any atom is 0.191 e. The molecule has 0 aromatic heterocycles.